The Bertz CT molecular complexity index is 1720. The van der Waals surface area contributed by atoms with Crippen LogP contribution in [0.4, 0.5) is 17.1 Å². The number of nitrogens with zero attached hydrogens (tertiary/aromatic N) is 2. The van der Waals surface area contributed by atoms with E-state index in [1.54, 1.807) is 62.4 Å². The molecule has 0 atom stereocenters. The minimum absolute atomic E-state index is 0.0808. The van der Waals surface area contributed by atoms with Gasteiger partial charge in [-0.15, -0.1) is 10.2 Å². The van der Waals surface area contributed by atoms with Crippen molar-refractivity contribution < 1.29 is 27.6 Å². The number of hydrogen-bond acceptors (Lipinski definition) is 7. The van der Waals surface area contributed by atoms with E-state index in [0.29, 0.717) is 45.8 Å². The van der Waals surface area contributed by atoms with Gasteiger partial charge in [0.25, 0.3) is 16.0 Å². The van der Waals surface area contributed by atoms with Crippen LogP contribution in [0.3, 0.4) is 0 Å². The van der Waals surface area contributed by atoms with Crippen LogP contribution in [0.25, 0.3) is 10.8 Å². The molecule has 1 amide bonds. The fraction of sp³-hybridized carbons (Fsp3) is 0.148. The summed E-state index contributed by atoms with van der Waals surface area (Å²) in [7, 11) is -4.76. The predicted octanol–water partition coefficient (Wildman–Crippen LogP) is 7.73. The van der Waals surface area contributed by atoms with Crippen LogP contribution in [0.2, 0.25) is 10.0 Å². The Morgan fingerprint density at radius 3 is 2.41 bits per heavy atom. The lowest BCUT2D eigenvalue weighted by atomic mass is 10.0. The van der Waals surface area contributed by atoms with Crippen LogP contribution >= 0.6 is 23.2 Å². The molecule has 4 aromatic carbocycles. The minimum Gasteiger partial charge on any atom is -0.505 e. The lowest BCUT2D eigenvalue weighted by Gasteiger charge is -2.14. The van der Waals surface area contributed by atoms with Crippen molar-refractivity contribution >= 4 is 67.1 Å². The Labute approximate surface area is 234 Å². The normalized spacial score (nSPS) is 11.7. The van der Waals surface area contributed by atoms with E-state index in [9.17, 15) is 22.9 Å². The first-order valence-corrected chi connectivity index (χ1v) is 13.9. The molecule has 0 fully saturated rings. The topological polar surface area (TPSA) is 138 Å². The van der Waals surface area contributed by atoms with Crippen molar-refractivity contribution in [2.45, 2.75) is 25.2 Å². The van der Waals surface area contributed by atoms with Gasteiger partial charge in [-0.05, 0) is 48.6 Å². The van der Waals surface area contributed by atoms with E-state index in [4.69, 9.17) is 27.9 Å². The number of amides is 1. The number of hydrogen-bond donors (Lipinski definition) is 3. The number of fused-ring (bicyclic) bond motifs is 1. The van der Waals surface area contributed by atoms with E-state index in [-0.39, 0.29) is 22.0 Å². The Morgan fingerprint density at radius 1 is 1.00 bits per heavy atom. The van der Waals surface area contributed by atoms with Gasteiger partial charge in [-0.25, -0.2) is 0 Å². The van der Waals surface area contributed by atoms with Crippen LogP contribution in [0.15, 0.2) is 75.8 Å². The van der Waals surface area contributed by atoms with Crippen molar-refractivity contribution in [2.75, 3.05) is 11.9 Å². The summed E-state index contributed by atoms with van der Waals surface area (Å²) < 4.78 is 39.5. The van der Waals surface area contributed by atoms with Crippen LogP contribution < -0.4 is 10.1 Å². The minimum atomic E-state index is -4.76. The summed E-state index contributed by atoms with van der Waals surface area (Å²) in [5, 5.41) is 23.3. The smallest absolute Gasteiger partial charge is 0.298 e. The first kappa shape index (κ1) is 28.3. The highest BCUT2D eigenvalue weighted by molar-refractivity contribution is 7.86. The van der Waals surface area contributed by atoms with Gasteiger partial charge in [-0.3, -0.25) is 9.35 Å². The third-order valence-electron chi connectivity index (χ3n) is 5.79. The van der Waals surface area contributed by atoms with Crippen molar-refractivity contribution in [1.82, 2.24) is 0 Å². The molecule has 0 saturated carbocycles. The molecular weight excluding hydrogens is 565 g/mol. The lowest BCUT2D eigenvalue weighted by Crippen LogP contribution is -2.13. The first-order chi connectivity index (χ1) is 18.5. The number of rotatable bonds is 8. The Hall–Kier alpha value is -3.70. The summed E-state index contributed by atoms with van der Waals surface area (Å²) in [4.78, 5) is 12.7. The number of anilines is 1. The van der Waals surface area contributed by atoms with Gasteiger partial charge in [0.2, 0.25) is 0 Å². The molecule has 0 bridgehead atoms. The number of phenolic OH excluding ortho intramolecular Hbond substituents is 1. The van der Waals surface area contributed by atoms with E-state index < -0.39 is 26.7 Å². The van der Waals surface area contributed by atoms with Crippen LogP contribution in [0.1, 0.15) is 29.8 Å². The summed E-state index contributed by atoms with van der Waals surface area (Å²) in [6.07, 6.45) is 0.354. The van der Waals surface area contributed by atoms with Gasteiger partial charge in [0, 0.05) is 16.5 Å². The Morgan fingerprint density at radius 2 is 1.72 bits per heavy atom. The number of carbonyl (C=O) groups excluding carboxylic acids is 1. The van der Waals surface area contributed by atoms with Gasteiger partial charge in [-0.2, -0.15) is 8.42 Å². The third-order valence-corrected chi connectivity index (χ3v) is 7.38. The van der Waals surface area contributed by atoms with E-state index >= 15 is 0 Å². The number of nitrogens with one attached hydrogen (secondary N) is 1. The molecule has 0 aliphatic rings. The van der Waals surface area contributed by atoms with Crippen molar-refractivity contribution in [2.24, 2.45) is 10.2 Å². The standard InChI is InChI=1S/C27H23Cl2N3O6S/c1-3-15-9-11-20(29)26(39(35,36)37)23(15)31-32-24-18-8-6-5-7-16(18)13-19(25(24)33)27(34)30-21-12-10-17(28)14-22(21)38-4-2/h5-14,33H,3-4H2,1-2H3,(H,30,34)(H,35,36,37). The zero-order chi connectivity index (χ0) is 28.3. The number of aryl methyl sites for hydroxylation is 1. The fourth-order valence-corrected chi connectivity index (χ4v) is 5.32. The predicted molar refractivity (Wildman–Crippen MR) is 151 cm³/mol. The van der Waals surface area contributed by atoms with Crippen molar-refractivity contribution in [3.63, 3.8) is 0 Å². The summed E-state index contributed by atoms with van der Waals surface area (Å²) in [6.45, 7) is 3.89. The van der Waals surface area contributed by atoms with Gasteiger partial charge in [-0.1, -0.05) is 60.5 Å². The van der Waals surface area contributed by atoms with Crippen LogP contribution in [-0.4, -0.2) is 30.6 Å². The van der Waals surface area contributed by atoms with Gasteiger partial charge in [0.05, 0.1) is 22.9 Å². The highest BCUT2D eigenvalue weighted by Gasteiger charge is 2.24. The maximum absolute atomic E-state index is 13.3. The van der Waals surface area contributed by atoms with Crippen LogP contribution in [0, 0.1) is 0 Å². The molecule has 4 aromatic rings. The van der Waals surface area contributed by atoms with Crippen LogP contribution in [0.5, 0.6) is 11.5 Å². The van der Waals surface area contributed by atoms with Crippen LogP contribution in [-0.2, 0) is 16.5 Å². The largest absolute Gasteiger partial charge is 0.505 e. The fourth-order valence-electron chi connectivity index (χ4n) is 3.98. The average Bonchev–Trinajstić information content (AvgIpc) is 2.88. The number of ether oxygens (including phenoxy) is 1. The second-order valence-corrected chi connectivity index (χ2v) is 10.5. The molecule has 0 spiro atoms. The van der Waals surface area contributed by atoms with Crippen molar-refractivity contribution in [3.8, 4) is 11.5 Å². The quantitative estimate of drug-likeness (QED) is 0.142. The highest BCUT2D eigenvalue weighted by atomic mass is 35.5. The number of phenols is 1. The van der Waals surface area contributed by atoms with Gasteiger partial charge >= 0.3 is 0 Å². The molecule has 0 aliphatic heterocycles. The third kappa shape index (κ3) is 5.99. The lowest BCUT2D eigenvalue weighted by molar-refractivity contribution is 0.102. The number of aromatic hydroxyl groups is 1. The number of carbonyl (C=O) groups is 1. The molecule has 12 heteroatoms. The maximum atomic E-state index is 13.3. The monoisotopic (exact) mass is 587 g/mol. The summed E-state index contributed by atoms with van der Waals surface area (Å²) in [5.41, 5.74) is 0.416. The first-order valence-electron chi connectivity index (χ1n) is 11.7. The zero-order valence-electron chi connectivity index (χ0n) is 20.8. The Kier molecular flexibility index (Phi) is 8.41. The molecular formula is C27H23Cl2N3O6S. The average molecular weight is 588 g/mol. The zero-order valence-corrected chi connectivity index (χ0v) is 23.1. The van der Waals surface area contributed by atoms with Crippen molar-refractivity contribution in [1.29, 1.82) is 0 Å². The van der Waals surface area contributed by atoms with Gasteiger partial charge < -0.3 is 15.2 Å². The van der Waals surface area contributed by atoms with E-state index in [1.807, 2.05) is 0 Å². The van der Waals surface area contributed by atoms with Gasteiger partial charge in [0.15, 0.2) is 5.75 Å². The molecule has 0 radical (unpaired) electrons. The molecule has 0 aliphatic carbocycles. The molecule has 0 aromatic heterocycles. The van der Waals surface area contributed by atoms with Crippen molar-refractivity contribution in [3.05, 3.63) is 81.8 Å². The summed E-state index contributed by atoms with van der Waals surface area (Å²) in [5.74, 6) is -0.798. The number of azo groups is 1. The summed E-state index contributed by atoms with van der Waals surface area (Å²) in [6, 6.07) is 16.0. The molecule has 4 rings (SSSR count). The highest BCUT2D eigenvalue weighted by Crippen LogP contribution is 2.42. The molecule has 0 unspecified atom stereocenters. The Balaban J connectivity index is 1.86. The maximum Gasteiger partial charge on any atom is 0.298 e. The van der Waals surface area contributed by atoms with E-state index in [0.717, 1.165) is 0 Å². The molecule has 202 valence electrons. The number of halogens is 2. The molecule has 9 nitrogen and oxygen atoms in total. The summed E-state index contributed by atoms with van der Waals surface area (Å²) >= 11 is 12.1. The molecule has 0 saturated heterocycles. The molecule has 3 N–H and O–H groups in total. The molecule has 39 heavy (non-hydrogen) atoms. The number of benzene rings is 4. The SMILES string of the molecule is CCOc1cc(Cl)ccc1NC(=O)c1cc2ccccc2c(N=Nc2c(CC)ccc(Cl)c2S(=O)(=O)O)c1O. The van der Waals surface area contributed by atoms with E-state index in [2.05, 4.69) is 15.5 Å². The van der Waals surface area contributed by atoms with Gasteiger partial charge in [0.1, 0.15) is 22.0 Å². The second kappa shape index (κ2) is 11.6. The van der Waals surface area contributed by atoms with E-state index in [1.165, 1.54) is 12.1 Å². The molecule has 0 heterocycles. The second-order valence-electron chi connectivity index (χ2n) is 8.28.